The number of methoxy groups -OCH3 is 1. The van der Waals surface area contributed by atoms with Crippen LogP contribution >= 0.6 is 11.6 Å². The first-order valence-electron chi connectivity index (χ1n) is 5.87. The van der Waals surface area contributed by atoms with E-state index in [0.29, 0.717) is 29.8 Å². The Balaban J connectivity index is 2.91. The third-order valence-electron chi connectivity index (χ3n) is 3.17. The summed E-state index contributed by atoms with van der Waals surface area (Å²) in [5, 5.41) is 15.0. The van der Waals surface area contributed by atoms with Crippen LogP contribution in [0.5, 0.6) is 0 Å². The fraction of sp³-hybridized carbons (Fsp3) is 0.750. The maximum absolute atomic E-state index is 10.3. The molecule has 0 spiro atoms. The molecule has 0 saturated heterocycles. The molecule has 0 aromatic carbocycles. The Bertz CT molecular complexity index is 352. The second kappa shape index (κ2) is 6.38. The number of nitrogens with zero attached hydrogens (tertiary/aromatic N) is 2. The molecule has 1 aromatic heterocycles. The van der Waals surface area contributed by atoms with Gasteiger partial charge in [-0.2, -0.15) is 5.10 Å². The van der Waals surface area contributed by atoms with Crippen molar-refractivity contribution in [3.05, 3.63) is 16.9 Å². The van der Waals surface area contributed by atoms with Gasteiger partial charge in [-0.05, 0) is 11.8 Å². The summed E-state index contributed by atoms with van der Waals surface area (Å²) in [4.78, 5) is 0. The van der Waals surface area contributed by atoms with E-state index in [9.17, 15) is 5.11 Å². The van der Waals surface area contributed by atoms with Crippen molar-refractivity contribution in [2.24, 2.45) is 11.8 Å². The molecule has 0 fully saturated rings. The van der Waals surface area contributed by atoms with Gasteiger partial charge in [0.15, 0.2) is 0 Å². The first kappa shape index (κ1) is 14.5. The van der Waals surface area contributed by atoms with E-state index < -0.39 is 6.10 Å². The predicted octanol–water partition coefficient (Wildman–Crippen LogP) is 2.51. The van der Waals surface area contributed by atoms with Crippen LogP contribution in [0.25, 0.3) is 0 Å². The highest BCUT2D eigenvalue weighted by Crippen LogP contribution is 2.31. The molecular weight excluding hydrogens is 240 g/mol. The van der Waals surface area contributed by atoms with E-state index >= 15 is 0 Å². The van der Waals surface area contributed by atoms with Gasteiger partial charge in [-0.3, -0.25) is 4.68 Å². The van der Waals surface area contributed by atoms with Gasteiger partial charge in [-0.25, -0.2) is 0 Å². The van der Waals surface area contributed by atoms with Crippen LogP contribution in [0.2, 0.25) is 5.02 Å². The van der Waals surface area contributed by atoms with Crippen molar-refractivity contribution in [1.82, 2.24) is 9.78 Å². The van der Waals surface area contributed by atoms with E-state index in [1.54, 1.807) is 18.0 Å². The summed E-state index contributed by atoms with van der Waals surface area (Å²) < 4.78 is 6.73. The fourth-order valence-electron chi connectivity index (χ4n) is 1.64. The zero-order valence-electron chi connectivity index (χ0n) is 10.9. The maximum Gasteiger partial charge on any atom is 0.0999 e. The van der Waals surface area contributed by atoms with Gasteiger partial charge in [-0.1, -0.05) is 32.4 Å². The first-order chi connectivity index (χ1) is 7.99. The molecule has 98 valence electrons. The molecule has 0 radical (unpaired) electrons. The van der Waals surface area contributed by atoms with E-state index in [2.05, 4.69) is 18.9 Å². The van der Waals surface area contributed by atoms with Gasteiger partial charge in [-0.15, -0.1) is 0 Å². The lowest BCUT2D eigenvalue weighted by atomic mass is 9.90. The minimum atomic E-state index is -0.596. The van der Waals surface area contributed by atoms with Crippen molar-refractivity contribution in [2.75, 3.05) is 13.7 Å². The van der Waals surface area contributed by atoms with Gasteiger partial charge < -0.3 is 9.84 Å². The van der Waals surface area contributed by atoms with Crippen LogP contribution in [0.3, 0.4) is 0 Å². The zero-order chi connectivity index (χ0) is 13.0. The van der Waals surface area contributed by atoms with Crippen LogP contribution in [-0.4, -0.2) is 28.6 Å². The lowest BCUT2D eigenvalue weighted by Crippen LogP contribution is -2.20. The lowest BCUT2D eigenvalue weighted by molar-refractivity contribution is 0.0812. The molecule has 1 aromatic rings. The Morgan fingerprint density at radius 2 is 2.12 bits per heavy atom. The van der Waals surface area contributed by atoms with Crippen LogP contribution in [0.15, 0.2) is 6.20 Å². The summed E-state index contributed by atoms with van der Waals surface area (Å²) in [6, 6.07) is 0. The molecule has 5 heteroatoms. The van der Waals surface area contributed by atoms with Crippen LogP contribution in [0.4, 0.5) is 0 Å². The highest BCUT2D eigenvalue weighted by Gasteiger charge is 2.25. The molecule has 1 heterocycles. The summed E-state index contributed by atoms with van der Waals surface area (Å²) in [5.74, 6) is 0.511. The molecule has 0 aliphatic heterocycles. The number of halogens is 1. The molecule has 0 aliphatic rings. The lowest BCUT2D eigenvalue weighted by Gasteiger charge is -2.23. The Hall–Kier alpha value is -0.580. The summed E-state index contributed by atoms with van der Waals surface area (Å²) in [5.41, 5.74) is 0.685. The van der Waals surface area contributed by atoms with Crippen molar-refractivity contribution in [3.63, 3.8) is 0 Å². The average molecular weight is 261 g/mol. The number of rotatable bonds is 6. The number of hydrogen-bond donors (Lipinski definition) is 1. The Labute approximate surface area is 108 Å². The first-order valence-corrected chi connectivity index (χ1v) is 6.25. The molecule has 2 atom stereocenters. The van der Waals surface area contributed by atoms with E-state index in [1.807, 2.05) is 6.92 Å². The number of hydrogen-bond acceptors (Lipinski definition) is 3. The van der Waals surface area contributed by atoms with E-state index in [4.69, 9.17) is 16.3 Å². The Morgan fingerprint density at radius 1 is 1.47 bits per heavy atom. The molecule has 17 heavy (non-hydrogen) atoms. The van der Waals surface area contributed by atoms with Crippen molar-refractivity contribution < 1.29 is 9.84 Å². The summed E-state index contributed by atoms with van der Waals surface area (Å²) in [6.07, 6.45) is 0.977. The summed E-state index contributed by atoms with van der Waals surface area (Å²) >= 11 is 6.08. The number of aliphatic hydroxyl groups is 1. The van der Waals surface area contributed by atoms with Crippen molar-refractivity contribution >= 4 is 11.6 Å². The SMILES string of the molecule is COCCn1ncc(Cl)c1C(O)C(C)C(C)C. The quantitative estimate of drug-likeness (QED) is 0.855. The second-order valence-corrected chi connectivity index (χ2v) is 5.05. The molecule has 1 rings (SSSR count). The molecule has 0 bridgehead atoms. The minimum absolute atomic E-state index is 0.130. The number of ether oxygens (including phenoxy) is 1. The van der Waals surface area contributed by atoms with Crippen molar-refractivity contribution in [3.8, 4) is 0 Å². The molecule has 4 nitrogen and oxygen atoms in total. The fourth-order valence-corrected chi connectivity index (χ4v) is 1.89. The largest absolute Gasteiger partial charge is 0.386 e. The van der Waals surface area contributed by atoms with Crippen molar-refractivity contribution in [2.45, 2.75) is 33.4 Å². The number of aliphatic hydroxyl groups excluding tert-OH is 1. The molecule has 0 saturated carbocycles. The molecule has 2 unspecified atom stereocenters. The Kier molecular flexibility index (Phi) is 5.43. The van der Waals surface area contributed by atoms with E-state index in [1.165, 1.54) is 0 Å². The van der Waals surface area contributed by atoms with Crippen LogP contribution in [-0.2, 0) is 11.3 Å². The summed E-state index contributed by atoms with van der Waals surface area (Å²) in [6.45, 7) is 7.32. The highest BCUT2D eigenvalue weighted by molar-refractivity contribution is 6.31. The maximum atomic E-state index is 10.3. The van der Waals surface area contributed by atoms with Gasteiger partial charge in [0.2, 0.25) is 0 Å². The topological polar surface area (TPSA) is 47.3 Å². The minimum Gasteiger partial charge on any atom is -0.386 e. The predicted molar refractivity (Wildman–Crippen MR) is 68.1 cm³/mol. The van der Waals surface area contributed by atoms with Gasteiger partial charge in [0.05, 0.1) is 36.2 Å². The smallest absolute Gasteiger partial charge is 0.0999 e. The average Bonchev–Trinajstić information content (AvgIpc) is 2.65. The van der Waals surface area contributed by atoms with E-state index in [0.717, 1.165) is 0 Å². The molecule has 1 N–H and O–H groups in total. The van der Waals surface area contributed by atoms with Gasteiger partial charge >= 0.3 is 0 Å². The molecular formula is C12H21ClN2O2. The van der Waals surface area contributed by atoms with Gasteiger partial charge in [0.25, 0.3) is 0 Å². The van der Waals surface area contributed by atoms with Crippen LogP contribution in [0.1, 0.15) is 32.6 Å². The van der Waals surface area contributed by atoms with Crippen LogP contribution in [0, 0.1) is 11.8 Å². The van der Waals surface area contributed by atoms with E-state index in [-0.39, 0.29) is 5.92 Å². The second-order valence-electron chi connectivity index (χ2n) is 4.64. The molecule has 0 aliphatic carbocycles. The van der Waals surface area contributed by atoms with Gasteiger partial charge in [0.1, 0.15) is 0 Å². The Morgan fingerprint density at radius 3 is 2.65 bits per heavy atom. The van der Waals surface area contributed by atoms with Gasteiger partial charge in [0, 0.05) is 7.11 Å². The zero-order valence-corrected chi connectivity index (χ0v) is 11.6. The van der Waals surface area contributed by atoms with Crippen LogP contribution < -0.4 is 0 Å². The monoisotopic (exact) mass is 260 g/mol. The normalized spacial score (nSPS) is 15.2. The van der Waals surface area contributed by atoms with Crippen molar-refractivity contribution in [1.29, 1.82) is 0 Å². The summed E-state index contributed by atoms with van der Waals surface area (Å²) in [7, 11) is 1.64. The highest BCUT2D eigenvalue weighted by atomic mass is 35.5. The third-order valence-corrected chi connectivity index (χ3v) is 3.46. The third kappa shape index (κ3) is 3.44. The number of aromatic nitrogens is 2. The molecule has 0 amide bonds. The standard InChI is InChI=1S/C12H21ClN2O2/c1-8(2)9(3)12(16)11-10(13)7-14-15(11)5-6-17-4/h7-9,12,16H,5-6H2,1-4H3.